The highest BCUT2D eigenvalue weighted by Crippen LogP contribution is 2.16. The highest BCUT2D eigenvalue weighted by atomic mass is 19.1. The summed E-state index contributed by atoms with van der Waals surface area (Å²) in [7, 11) is 0. The molecule has 112 valence electrons. The van der Waals surface area contributed by atoms with Crippen LogP contribution in [0, 0.1) is 19.7 Å². The van der Waals surface area contributed by atoms with Crippen LogP contribution in [0.25, 0.3) is 0 Å². The molecule has 2 heterocycles. The van der Waals surface area contributed by atoms with Gasteiger partial charge in [-0.15, -0.1) is 0 Å². The fourth-order valence-electron chi connectivity index (χ4n) is 1.93. The monoisotopic (exact) mass is 292 g/mol. The number of aromatic nitrogens is 2. The van der Waals surface area contributed by atoms with Gasteiger partial charge in [0.15, 0.2) is 11.6 Å². The number of hydrogen-bond acceptors (Lipinski definition) is 5. The van der Waals surface area contributed by atoms with Crippen LogP contribution in [0.4, 0.5) is 10.2 Å². The minimum absolute atomic E-state index is 0.0484. The number of hydrogen-bond donors (Lipinski definition) is 2. The largest absolute Gasteiger partial charge is 0.368 e. The van der Waals surface area contributed by atoms with E-state index >= 15 is 0 Å². The number of aryl methyl sites for hydroxylation is 2. The lowest BCUT2D eigenvalue weighted by Gasteiger charge is -2.09. The van der Waals surface area contributed by atoms with E-state index in [1.807, 2.05) is 6.92 Å². The minimum Gasteiger partial charge on any atom is -0.368 e. The van der Waals surface area contributed by atoms with Gasteiger partial charge in [-0.1, -0.05) is 5.16 Å². The number of carbonyl (C=O) groups excluding carboxylic acids is 1. The summed E-state index contributed by atoms with van der Waals surface area (Å²) in [6.07, 6.45) is 1.39. The lowest BCUT2D eigenvalue weighted by molar-refractivity contribution is 0.0946. The maximum Gasteiger partial charge on any atom is 0.254 e. The molecule has 21 heavy (non-hydrogen) atoms. The van der Waals surface area contributed by atoms with Crippen molar-refractivity contribution in [2.45, 2.75) is 27.3 Å². The number of nitrogens with one attached hydrogen (secondary N) is 2. The zero-order valence-corrected chi connectivity index (χ0v) is 12.2. The Labute approximate surface area is 121 Å². The molecule has 2 aromatic rings. The lowest BCUT2D eigenvalue weighted by atomic mass is 10.2. The summed E-state index contributed by atoms with van der Waals surface area (Å²) in [6.45, 7) is 6.13. The maximum atomic E-state index is 14.1. The van der Waals surface area contributed by atoms with Gasteiger partial charge in [-0.05, 0) is 26.8 Å². The fourth-order valence-corrected chi connectivity index (χ4v) is 1.93. The zero-order valence-electron chi connectivity index (χ0n) is 12.2. The molecule has 2 aromatic heterocycles. The minimum atomic E-state index is -0.657. The highest BCUT2D eigenvalue weighted by molar-refractivity contribution is 5.95. The Bertz CT molecular complexity index is 635. The smallest absolute Gasteiger partial charge is 0.254 e. The summed E-state index contributed by atoms with van der Waals surface area (Å²) in [5.74, 6) is -0.455. The number of amides is 1. The van der Waals surface area contributed by atoms with E-state index in [2.05, 4.69) is 20.8 Å². The van der Waals surface area contributed by atoms with E-state index in [0.29, 0.717) is 18.0 Å². The van der Waals surface area contributed by atoms with Gasteiger partial charge in [0.05, 0.1) is 11.3 Å². The van der Waals surface area contributed by atoms with Crippen LogP contribution in [0.3, 0.4) is 0 Å². The number of rotatable bonds is 5. The van der Waals surface area contributed by atoms with Crippen LogP contribution in [0.1, 0.15) is 34.3 Å². The molecule has 2 rings (SSSR count). The predicted molar refractivity (Wildman–Crippen MR) is 75.5 cm³/mol. The SMILES string of the molecule is CCNc1nccc(C(=O)NCc2c(C)noc2C)c1F. The van der Waals surface area contributed by atoms with Gasteiger partial charge in [0.25, 0.3) is 5.91 Å². The Kier molecular flexibility index (Phi) is 4.52. The van der Waals surface area contributed by atoms with Gasteiger partial charge in [0.1, 0.15) is 5.76 Å². The molecule has 0 aliphatic rings. The Morgan fingerprint density at radius 3 is 2.81 bits per heavy atom. The van der Waals surface area contributed by atoms with Crippen molar-refractivity contribution < 1.29 is 13.7 Å². The second-order valence-electron chi connectivity index (χ2n) is 4.54. The maximum absolute atomic E-state index is 14.1. The van der Waals surface area contributed by atoms with E-state index in [0.717, 1.165) is 5.56 Å². The molecule has 0 saturated heterocycles. The number of halogens is 1. The van der Waals surface area contributed by atoms with E-state index in [4.69, 9.17) is 4.52 Å². The highest BCUT2D eigenvalue weighted by Gasteiger charge is 2.17. The summed E-state index contributed by atoms with van der Waals surface area (Å²) in [5.41, 5.74) is 1.45. The Hall–Kier alpha value is -2.44. The standard InChI is InChI=1S/C14H17FN4O2/c1-4-16-13-12(15)10(5-6-17-13)14(20)18-7-11-8(2)19-21-9(11)3/h5-6H,4,7H2,1-3H3,(H,16,17)(H,18,20). The first-order chi connectivity index (χ1) is 10.0. The van der Waals surface area contributed by atoms with Gasteiger partial charge < -0.3 is 15.2 Å². The predicted octanol–water partition coefficient (Wildman–Crippen LogP) is 2.19. The van der Waals surface area contributed by atoms with Crippen molar-refractivity contribution in [3.8, 4) is 0 Å². The molecule has 0 saturated carbocycles. The molecule has 0 fully saturated rings. The van der Waals surface area contributed by atoms with E-state index in [1.165, 1.54) is 12.3 Å². The van der Waals surface area contributed by atoms with Crippen LogP contribution >= 0.6 is 0 Å². The van der Waals surface area contributed by atoms with Crippen molar-refractivity contribution in [3.05, 3.63) is 40.7 Å². The lowest BCUT2D eigenvalue weighted by Crippen LogP contribution is -2.25. The van der Waals surface area contributed by atoms with Crippen molar-refractivity contribution in [3.63, 3.8) is 0 Å². The van der Waals surface area contributed by atoms with Gasteiger partial charge in [-0.3, -0.25) is 4.79 Å². The molecule has 0 atom stereocenters. The molecule has 0 aromatic carbocycles. The zero-order chi connectivity index (χ0) is 15.4. The Morgan fingerprint density at radius 2 is 2.19 bits per heavy atom. The van der Waals surface area contributed by atoms with Gasteiger partial charge >= 0.3 is 0 Å². The normalized spacial score (nSPS) is 10.5. The molecule has 0 aliphatic heterocycles. The second-order valence-corrected chi connectivity index (χ2v) is 4.54. The van der Waals surface area contributed by atoms with Gasteiger partial charge in [-0.2, -0.15) is 0 Å². The first-order valence-electron chi connectivity index (χ1n) is 6.62. The Morgan fingerprint density at radius 1 is 1.43 bits per heavy atom. The van der Waals surface area contributed by atoms with Crippen molar-refractivity contribution in [2.75, 3.05) is 11.9 Å². The molecule has 1 amide bonds. The van der Waals surface area contributed by atoms with Crippen molar-refractivity contribution >= 4 is 11.7 Å². The third-order valence-electron chi connectivity index (χ3n) is 3.08. The van der Waals surface area contributed by atoms with Crippen LogP contribution in [-0.2, 0) is 6.54 Å². The summed E-state index contributed by atoms with van der Waals surface area (Å²) in [5, 5.41) is 9.23. The van der Waals surface area contributed by atoms with Crippen molar-refractivity contribution in [1.29, 1.82) is 0 Å². The molecule has 6 nitrogen and oxygen atoms in total. The van der Waals surface area contributed by atoms with Crippen molar-refractivity contribution in [2.24, 2.45) is 0 Å². The quantitative estimate of drug-likeness (QED) is 0.883. The van der Waals surface area contributed by atoms with Crippen LogP contribution in [0.5, 0.6) is 0 Å². The van der Waals surface area contributed by atoms with E-state index < -0.39 is 11.7 Å². The van der Waals surface area contributed by atoms with E-state index in [9.17, 15) is 9.18 Å². The van der Waals surface area contributed by atoms with E-state index in [1.54, 1.807) is 13.8 Å². The summed E-state index contributed by atoms with van der Waals surface area (Å²) < 4.78 is 19.1. The number of nitrogens with zero attached hydrogens (tertiary/aromatic N) is 2. The molecule has 7 heteroatoms. The van der Waals surface area contributed by atoms with Crippen LogP contribution in [0.2, 0.25) is 0 Å². The van der Waals surface area contributed by atoms with Crippen molar-refractivity contribution in [1.82, 2.24) is 15.5 Å². The van der Waals surface area contributed by atoms with Crippen LogP contribution < -0.4 is 10.6 Å². The third-order valence-corrected chi connectivity index (χ3v) is 3.08. The first-order valence-corrected chi connectivity index (χ1v) is 6.62. The Balaban J connectivity index is 2.12. The molecule has 2 N–H and O–H groups in total. The van der Waals surface area contributed by atoms with Crippen LogP contribution in [-0.4, -0.2) is 22.6 Å². The average molecular weight is 292 g/mol. The number of carbonyl (C=O) groups is 1. The third kappa shape index (κ3) is 3.18. The second kappa shape index (κ2) is 6.34. The molecular formula is C14H17FN4O2. The molecular weight excluding hydrogens is 275 g/mol. The number of pyridine rings is 1. The molecule has 0 aliphatic carbocycles. The van der Waals surface area contributed by atoms with Gasteiger partial charge in [-0.25, -0.2) is 9.37 Å². The van der Waals surface area contributed by atoms with Gasteiger partial charge in [0, 0.05) is 24.8 Å². The topological polar surface area (TPSA) is 80.0 Å². The fraction of sp³-hybridized carbons (Fsp3) is 0.357. The molecule has 0 spiro atoms. The summed E-state index contributed by atoms with van der Waals surface area (Å²) in [4.78, 5) is 15.9. The first kappa shape index (κ1) is 15.0. The van der Waals surface area contributed by atoms with Crippen LogP contribution in [0.15, 0.2) is 16.8 Å². The van der Waals surface area contributed by atoms with E-state index in [-0.39, 0.29) is 17.9 Å². The average Bonchev–Trinajstić information content (AvgIpc) is 2.78. The number of anilines is 1. The molecule has 0 bridgehead atoms. The summed E-state index contributed by atoms with van der Waals surface area (Å²) in [6, 6.07) is 1.35. The van der Waals surface area contributed by atoms with Gasteiger partial charge in [0.2, 0.25) is 0 Å². The summed E-state index contributed by atoms with van der Waals surface area (Å²) >= 11 is 0. The molecule has 0 unspecified atom stereocenters. The molecule has 0 radical (unpaired) electrons.